The van der Waals surface area contributed by atoms with E-state index in [1.807, 2.05) is 0 Å². The third-order valence-electron chi connectivity index (χ3n) is 6.16. The zero-order chi connectivity index (χ0) is 21.7. The maximum atomic E-state index is 12.9. The highest BCUT2D eigenvalue weighted by Gasteiger charge is 2.65. The highest BCUT2D eigenvalue weighted by atomic mass is 35.5. The lowest BCUT2D eigenvalue weighted by atomic mass is 9.56. The van der Waals surface area contributed by atoms with Gasteiger partial charge in [0.15, 0.2) is 0 Å². The number of carbonyl (C=O) groups is 1. The summed E-state index contributed by atoms with van der Waals surface area (Å²) >= 11 is 6.38. The lowest BCUT2D eigenvalue weighted by molar-refractivity contribution is -0.150. The van der Waals surface area contributed by atoms with E-state index in [-0.39, 0.29) is 22.8 Å². The monoisotopic (exact) mass is 442 g/mol. The van der Waals surface area contributed by atoms with Crippen molar-refractivity contribution in [2.45, 2.75) is 37.3 Å². The van der Waals surface area contributed by atoms with Gasteiger partial charge in [-0.05, 0) is 66.5 Å². The maximum Gasteiger partial charge on any atom is 0.416 e. The van der Waals surface area contributed by atoms with Crippen LogP contribution in [-0.4, -0.2) is 24.4 Å². The molecular formula is C22H19ClF4O3. The molecule has 2 aromatic carbocycles. The average Bonchev–Trinajstić information content (AvgIpc) is 3.45. The molecule has 0 saturated heterocycles. The molecule has 0 heterocycles. The molecule has 0 atom stereocenters. The van der Waals surface area contributed by atoms with Gasteiger partial charge in [-0.15, -0.1) is 0 Å². The molecule has 0 radical (unpaired) electrons. The minimum absolute atomic E-state index is 0.0861. The highest BCUT2D eigenvalue weighted by molar-refractivity contribution is 6.32. The third-order valence-corrected chi connectivity index (χ3v) is 6.44. The Morgan fingerprint density at radius 3 is 2.27 bits per heavy atom. The summed E-state index contributed by atoms with van der Waals surface area (Å²) in [6.07, 6.45) is -1.48. The van der Waals surface area contributed by atoms with Crippen molar-refractivity contribution >= 4 is 17.6 Å². The number of benzene rings is 2. The second kappa shape index (κ2) is 7.15. The van der Waals surface area contributed by atoms with Gasteiger partial charge in [-0.25, -0.2) is 4.39 Å². The Labute approximate surface area is 175 Å². The lowest BCUT2D eigenvalue weighted by Crippen LogP contribution is -2.49. The van der Waals surface area contributed by atoms with Crippen LogP contribution in [0.4, 0.5) is 17.6 Å². The summed E-state index contributed by atoms with van der Waals surface area (Å²) < 4.78 is 56.9. The molecule has 160 valence electrons. The average molecular weight is 443 g/mol. The SMILES string of the molecule is O=C(O)C1(c2cc(Cl)c(OCCF)c(-c3ccc(C(F)(F)F)cc3)c2)CC2(CC2)C1. The van der Waals surface area contributed by atoms with Gasteiger partial charge in [0, 0.05) is 5.56 Å². The topological polar surface area (TPSA) is 46.5 Å². The van der Waals surface area contributed by atoms with Crippen LogP contribution in [-0.2, 0) is 16.4 Å². The number of rotatable bonds is 6. The van der Waals surface area contributed by atoms with Crippen LogP contribution in [0.25, 0.3) is 11.1 Å². The van der Waals surface area contributed by atoms with Crippen molar-refractivity contribution in [2.24, 2.45) is 5.41 Å². The van der Waals surface area contributed by atoms with Crippen molar-refractivity contribution in [1.82, 2.24) is 0 Å². The van der Waals surface area contributed by atoms with Crippen molar-refractivity contribution < 1.29 is 32.2 Å². The van der Waals surface area contributed by atoms with Crippen LogP contribution in [0.5, 0.6) is 5.75 Å². The number of carboxylic acids is 1. The van der Waals surface area contributed by atoms with Crippen LogP contribution < -0.4 is 4.74 Å². The second-order valence-electron chi connectivity index (χ2n) is 8.19. The molecule has 1 N–H and O–H groups in total. The molecule has 2 saturated carbocycles. The van der Waals surface area contributed by atoms with Gasteiger partial charge in [0.1, 0.15) is 19.0 Å². The van der Waals surface area contributed by atoms with Gasteiger partial charge in [0.05, 0.1) is 16.0 Å². The molecule has 0 bridgehead atoms. The first-order chi connectivity index (χ1) is 14.1. The van der Waals surface area contributed by atoms with Crippen LogP contribution in [0, 0.1) is 5.41 Å². The van der Waals surface area contributed by atoms with Crippen molar-refractivity contribution in [2.75, 3.05) is 13.3 Å². The van der Waals surface area contributed by atoms with Gasteiger partial charge < -0.3 is 9.84 Å². The Morgan fingerprint density at radius 2 is 1.77 bits per heavy atom. The zero-order valence-electron chi connectivity index (χ0n) is 15.9. The number of aliphatic carboxylic acids is 1. The summed E-state index contributed by atoms with van der Waals surface area (Å²) in [4.78, 5) is 12.1. The molecule has 4 rings (SSSR count). The minimum atomic E-state index is -4.48. The first-order valence-corrected chi connectivity index (χ1v) is 9.92. The number of hydrogen-bond donors (Lipinski definition) is 1. The summed E-state index contributed by atoms with van der Waals surface area (Å²) in [5, 5.41) is 10.0. The Bertz CT molecular complexity index is 973. The van der Waals surface area contributed by atoms with Crippen molar-refractivity contribution in [3.63, 3.8) is 0 Å². The van der Waals surface area contributed by atoms with Crippen molar-refractivity contribution in [3.8, 4) is 16.9 Å². The van der Waals surface area contributed by atoms with E-state index in [0.717, 1.165) is 25.0 Å². The fraction of sp³-hybridized carbons (Fsp3) is 0.409. The molecule has 2 fully saturated rings. The lowest BCUT2D eigenvalue weighted by Gasteiger charge is -2.46. The second-order valence-corrected chi connectivity index (χ2v) is 8.60. The van der Waals surface area contributed by atoms with Gasteiger partial charge in [-0.3, -0.25) is 4.79 Å². The summed E-state index contributed by atoms with van der Waals surface area (Å²) in [5.41, 5.74) is -0.600. The Hall–Kier alpha value is -2.28. The van der Waals surface area contributed by atoms with Crippen molar-refractivity contribution in [3.05, 3.63) is 52.5 Å². The molecule has 1 spiro atoms. The highest BCUT2D eigenvalue weighted by Crippen LogP contribution is 2.69. The van der Waals surface area contributed by atoms with E-state index in [1.165, 1.54) is 18.2 Å². The van der Waals surface area contributed by atoms with Gasteiger partial charge in [-0.1, -0.05) is 23.7 Å². The molecule has 0 unspecified atom stereocenters. The van der Waals surface area contributed by atoms with E-state index in [2.05, 4.69) is 0 Å². The van der Waals surface area contributed by atoms with Gasteiger partial charge >= 0.3 is 12.1 Å². The molecule has 2 aromatic rings. The van der Waals surface area contributed by atoms with E-state index in [9.17, 15) is 27.5 Å². The molecule has 2 aliphatic carbocycles. The first-order valence-electron chi connectivity index (χ1n) is 9.54. The summed E-state index contributed by atoms with van der Waals surface area (Å²) in [6, 6.07) is 7.54. The van der Waals surface area contributed by atoms with Crippen molar-refractivity contribution in [1.29, 1.82) is 0 Å². The van der Waals surface area contributed by atoms with Gasteiger partial charge in [0.2, 0.25) is 0 Å². The van der Waals surface area contributed by atoms with Gasteiger partial charge in [0.25, 0.3) is 0 Å². The minimum Gasteiger partial charge on any atom is -0.489 e. The normalized spacial score (nSPS) is 18.7. The van der Waals surface area contributed by atoms with Crippen LogP contribution in [0.1, 0.15) is 36.8 Å². The molecule has 8 heteroatoms. The molecular weight excluding hydrogens is 424 g/mol. The number of halogens is 5. The molecule has 0 aromatic heterocycles. The quantitative estimate of drug-likeness (QED) is 0.536. The first kappa shape index (κ1) is 21.0. The summed E-state index contributed by atoms with van der Waals surface area (Å²) in [7, 11) is 0. The smallest absolute Gasteiger partial charge is 0.416 e. The molecule has 0 amide bonds. The van der Waals surface area contributed by atoms with Crippen LogP contribution in [0.2, 0.25) is 5.02 Å². The predicted molar refractivity (Wildman–Crippen MR) is 104 cm³/mol. The fourth-order valence-corrected chi connectivity index (χ4v) is 4.72. The predicted octanol–water partition coefficient (Wildman–Crippen LogP) is 6.27. The number of ether oxygens (including phenoxy) is 1. The van der Waals surface area contributed by atoms with E-state index in [0.29, 0.717) is 29.5 Å². The summed E-state index contributed by atoms with van der Waals surface area (Å²) in [6.45, 7) is -1.05. The zero-order valence-corrected chi connectivity index (χ0v) is 16.6. The van der Waals surface area contributed by atoms with E-state index < -0.39 is 29.8 Å². The largest absolute Gasteiger partial charge is 0.489 e. The maximum absolute atomic E-state index is 12.9. The molecule has 2 aliphatic rings. The standard InChI is InChI=1S/C22H19ClF4O3/c23-17-10-15(21(19(28)29)11-20(12-21)5-6-20)9-16(18(17)30-8-7-24)13-1-3-14(4-2-13)22(25,26)27/h1-4,9-10H,5-8,11-12H2,(H,28,29). The van der Waals surface area contributed by atoms with Gasteiger partial charge in [-0.2, -0.15) is 13.2 Å². The number of carboxylic acid groups (broad SMARTS) is 1. The molecule has 30 heavy (non-hydrogen) atoms. The molecule has 3 nitrogen and oxygen atoms in total. The third kappa shape index (κ3) is 3.53. The van der Waals surface area contributed by atoms with E-state index >= 15 is 0 Å². The number of hydrogen-bond acceptors (Lipinski definition) is 2. The Balaban J connectivity index is 1.80. The Kier molecular flexibility index (Phi) is 5.00. The van der Waals surface area contributed by atoms with E-state index in [4.69, 9.17) is 16.3 Å². The fourth-order valence-electron chi connectivity index (χ4n) is 4.45. The van der Waals surface area contributed by atoms with Crippen LogP contribution in [0.15, 0.2) is 36.4 Å². The van der Waals surface area contributed by atoms with E-state index in [1.54, 1.807) is 6.07 Å². The van der Waals surface area contributed by atoms with Crippen LogP contribution in [0.3, 0.4) is 0 Å². The number of alkyl halides is 4. The Morgan fingerprint density at radius 1 is 1.13 bits per heavy atom. The van der Waals surface area contributed by atoms with Crippen LogP contribution >= 0.6 is 11.6 Å². The summed E-state index contributed by atoms with van der Waals surface area (Å²) in [5.74, 6) is -0.828. The molecule has 0 aliphatic heterocycles.